The van der Waals surface area contributed by atoms with E-state index < -0.39 is 6.04 Å². The summed E-state index contributed by atoms with van der Waals surface area (Å²) < 4.78 is 8.02. The molecule has 0 fully saturated rings. The topological polar surface area (TPSA) is 112 Å². The number of hydrogen-bond acceptors (Lipinski definition) is 7. The maximum Gasteiger partial charge on any atom is 0.265 e. The van der Waals surface area contributed by atoms with Gasteiger partial charge in [0.2, 0.25) is 11.2 Å². The number of hydrogen-bond donors (Lipinski definition) is 1. The minimum absolute atomic E-state index is 0.139. The number of fused-ring (bicyclic) bond motifs is 1. The van der Waals surface area contributed by atoms with Crippen LogP contribution in [0.3, 0.4) is 0 Å². The van der Waals surface area contributed by atoms with Crippen molar-refractivity contribution in [1.82, 2.24) is 24.3 Å². The molecule has 0 bridgehead atoms. The van der Waals surface area contributed by atoms with Crippen molar-refractivity contribution in [3.8, 4) is 16.9 Å². The van der Waals surface area contributed by atoms with Gasteiger partial charge in [-0.05, 0) is 42.5 Å². The van der Waals surface area contributed by atoms with E-state index in [1.165, 1.54) is 27.7 Å². The van der Waals surface area contributed by atoms with E-state index in [0.29, 0.717) is 34.1 Å². The van der Waals surface area contributed by atoms with Crippen molar-refractivity contribution in [2.75, 3.05) is 5.32 Å². The minimum Gasteiger partial charge on any atom is -0.371 e. The van der Waals surface area contributed by atoms with Crippen LogP contribution in [0.4, 0.5) is 11.5 Å². The van der Waals surface area contributed by atoms with Gasteiger partial charge in [-0.3, -0.25) is 19.1 Å². The maximum absolute atomic E-state index is 14.0. The fourth-order valence-electron chi connectivity index (χ4n) is 4.18. The summed E-state index contributed by atoms with van der Waals surface area (Å²) in [4.78, 5) is 37.9. The lowest BCUT2D eigenvalue weighted by atomic mass is 9.99. The molecule has 5 aromatic rings. The number of aryl methyl sites for hydroxylation is 2. The Balaban J connectivity index is 1.74. The second-order valence-electron chi connectivity index (χ2n) is 8.33. The summed E-state index contributed by atoms with van der Waals surface area (Å²) in [6, 6.07) is 11.8. The van der Waals surface area contributed by atoms with Crippen LogP contribution in [-0.4, -0.2) is 24.3 Å². The van der Waals surface area contributed by atoms with E-state index >= 15 is 0 Å². The first-order valence-corrected chi connectivity index (χ1v) is 11.1. The van der Waals surface area contributed by atoms with Crippen LogP contribution >= 0.6 is 0 Å². The first-order chi connectivity index (χ1) is 17.4. The summed E-state index contributed by atoms with van der Waals surface area (Å²) in [5.41, 5.74) is 1.88. The summed E-state index contributed by atoms with van der Waals surface area (Å²) in [7, 11) is 1.67. The van der Waals surface area contributed by atoms with Crippen molar-refractivity contribution in [3.63, 3.8) is 0 Å². The Hall–Kier alpha value is -5.04. The molecule has 0 amide bonds. The zero-order valence-electron chi connectivity index (χ0n) is 19.8. The average molecular weight is 480 g/mol. The van der Waals surface area contributed by atoms with Gasteiger partial charge in [-0.15, -0.1) is 0 Å². The van der Waals surface area contributed by atoms with Gasteiger partial charge in [0, 0.05) is 31.6 Å². The number of pyridine rings is 2. The molecule has 36 heavy (non-hydrogen) atoms. The molecule has 0 aliphatic heterocycles. The van der Waals surface area contributed by atoms with Crippen LogP contribution < -0.4 is 16.4 Å². The van der Waals surface area contributed by atoms with Crippen molar-refractivity contribution < 1.29 is 4.52 Å². The highest BCUT2D eigenvalue weighted by atomic mass is 16.5. The molecule has 10 nitrogen and oxygen atoms in total. The lowest BCUT2D eigenvalue weighted by molar-refractivity contribution is 0.415. The van der Waals surface area contributed by atoms with Gasteiger partial charge < -0.3 is 14.4 Å². The van der Waals surface area contributed by atoms with Crippen LogP contribution in [0.25, 0.3) is 32.6 Å². The summed E-state index contributed by atoms with van der Waals surface area (Å²) in [5, 5.41) is 8.48. The largest absolute Gasteiger partial charge is 0.371 e. The van der Waals surface area contributed by atoms with E-state index in [-0.39, 0.29) is 16.8 Å². The maximum atomic E-state index is 14.0. The summed E-state index contributed by atoms with van der Waals surface area (Å²) in [6.45, 7) is 11.1. The molecule has 0 unspecified atom stereocenters. The van der Waals surface area contributed by atoms with Crippen molar-refractivity contribution in [2.45, 2.75) is 19.9 Å². The molecule has 178 valence electrons. The number of aromatic nitrogens is 5. The van der Waals surface area contributed by atoms with Crippen LogP contribution in [0.1, 0.15) is 24.5 Å². The Morgan fingerprint density at radius 1 is 1.17 bits per heavy atom. The quantitative estimate of drug-likeness (QED) is 0.377. The minimum atomic E-state index is -0.435. The second kappa shape index (κ2) is 8.96. The van der Waals surface area contributed by atoms with Gasteiger partial charge in [-0.1, -0.05) is 23.4 Å². The van der Waals surface area contributed by atoms with E-state index in [1.807, 2.05) is 31.2 Å². The molecule has 4 heterocycles. The highest BCUT2D eigenvalue weighted by Crippen LogP contribution is 2.31. The van der Waals surface area contributed by atoms with Crippen LogP contribution in [0.15, 0.2) is 75.2 Å². The summed E-state index contributed by atoms with van der Waals surface area (Å²) in [6.07, 6.45) is 4.57. The van der Waals surface area contributed by atoms with Crippen molar-refractivity contribution >= 4 is 22.3 Å². The van der Waals surface area contributed by atoms with E-state index in [2.05, 4.69) is 25.3 Å². The zero-order valence-corrected chi connectivity index (χ0v) is 19.8. The molecule has 0 spiro atoms. The third-order valence-corrected chi connectivity index (χ3v) is 5.93. The normalized spacial score (nSPS) is 11.8. The third-order valence-electron chi connectivity index (χ3n) is 5.93. The Morgan fingerprint density at radius 3 is 2.72 bits per heavy atom. The molecule has 4 aromatic heterocycles. The van der Waals surface area contributed by atoms with Gasteiger partial charge in [0.05, 0.1) is 23.7 Å². The van der Waals surface area contributed by atoms with Crippen LogP contribution in [-0.2, 0) is 7.05 Å². The molecular formula is C26H21N7O3. The summed E-state index contributed by atoms with van der Waals surface area (Å²) >= 11 is 0. The van der Waals surface area contributed by atoms with Crippen LogP contribution in [0.5, 0.6) is 0 Å². The molecule has 1 aromatic carbocycles. The molecule has 0 aliphatic carbocycles. The predicted molar refractivity (Wildman–Crippen MR) is 135 cm³/mol. The van der Waals surface area contributed by atoms with E-state index in [4.69, 9.17) is 11.1 Å². The number of nitrogens with one attached hydrogen (secondary N) is 1. The van der Waals surface area contributed by atoms with E-state index in [0.717, 1.165) is 10.9 Å². The number of anilines is 1. The molecule has 1 atom stereocenters. The Bertz CT molecular complexity index is 1760. The lowest BCUT2D eigenvalue weighted by Crippen LogP contribution is -2.26. The third kappa shape index (κ3) is 3.92. The molecule has 0 saturated carbocycles. The van der Waals surface area contributed by atoms with Crippen molar-refractivity contribution in [3.05, 3.63) is 105 Å². The molecule has 5 rings (SSSR count). The second-order valence-corrected chi connectivity index (χ2v) is 8.33. The smallest absolute Gasteiger partial charge is 0.265 e. The highest BCUT2D eigenvalue weighted by Gasteiger charge is 2.21. The van der Waals surface area contributed by atoms with Crippen molar-refractivity contribution in [2.24, 2.45) is 7.05 Å². The standard InChI is InChI=1S/C26H21N7O3/c1-15(29-25-20(27-3)13-28-16(2)30-25)21-12-17-6-5-7-19(18-8-9-23(34)32(4)14-18)24(17)26(35)33(21)22-10-11-36-31-22/h5-15H,1-2,4H3,(H,28,29,30)/t15-/m0/s1. The van der Waals surface area contributed by atoms with E-state index in [1.54, 1.807) is 32.3 Å². The van der Waals surface area contributed by atoms with Gasteiger partial charge in [-0.25, -0.2) is 9.83 Å². The Labute approximate surface area is 205 Å². The van der Waals surface area contributed by atoms with Crippen LogP contribution in [0, 0.1) is 13.5 Å². The lowest BCUT2D eigenvalue weighted by Gasteiger charge is -2.21. The van der Waals surface area contributed by atoms with Gasteiger partial charge in [0.1, 0.15) is 17.9 Å². The van der Waals surface area contributed by atoms with Crippen LogP contribution in [0.2, 0.25) is 0 Å². The van der Waals surface area contributed by atoms with Gasteiger partial charge in [-0.2, -0.15) is 0 Å². The molecule has 1 N–H and O–H groups in total. The molecule has 10 heteroatoms. The number of rotatable bonds is 5. The first-order valence-electron chi connectivity index (χ1n) is 11.1. The fraction of sp³-hybridized carbons (Fsp3) is 0.154. The van der Waals surface area contributed by atoms with Gasteiger partial charge >= 0.3 is 0 Å². The zero-order chi connectivity index (χ0) is 25.4. The number of nitrogens with zero attached hydrogens (tertiary/aromatic N) is 6. The molecular weight excluding hydrogens is 458 g/mol. The van der Waals surface area contributed by atoms with Crippen molar-refractivity contribution in [1.29, 1.82) is 0 Å². The predicted octanol–water partition coefficient (Wildman–Crippen LogP) is 4.17. The molecule has 0 saturated heterocycles. The van der Waals surface area contributed by atoms with Gasteiger partial charge in [0.15, 0.2) is 5.82 Å². The van der Waals surface area contributed by atoms with Gasteiger partial charge in [0.25, 0.3) is 5.56 Å². The average Bonchev–Trinajstić information content (AvgIpc) is 3.40. The monoisotopic (exact) mass is 479 g/mol. The summed E-state index contributed by atoms with van der Waals surface area (Å²) in [5.74, 6) is 1.22. The number of benzene rings is 1. The fourth-order valence-corrected chi connectivity index (χ4v) is 4.18. The molecule has 0 aliphatic rings. The highest BCUT2D eigenvalue weighted by molar-refractivity contribution is 5.96. The first kappa shape index (κ1) is 22.7. The van der Waals surface area contributed by atoms with E-state index in [9.17, 15) is 9.59 Å². The Morgan fingerprint density at radius 2 is 2.00 bits per heavy atom. The molecule has 0 radical (unpaired) electrons. The SMILES string of the molecule is [C-]#[N+]c1cnc(C)nc1N[C@@H](C)c1cc2cccc(-c3ccc(=O)n(C)c3)c2c(=O)n1-c1ccon1. The Kier molecular flexibility index (Phi) is 5.66.